The average Bonchev–Trinajstić information content (AvgIpc) is 3.75. The van der Waals surface area contributed by atoms with Crippen LogP contribution in [0.4, 0.5) is 0 Å². The summed E-state index contributed by atoms with van der Waals surface area (Å²) in [5.74, 6) is -0.977. The first-order valence-electron chi connectivity index (χ1n) is 14.2. The Bertz CT molecular complexity index is 557. The van der Waals surface area contributed by atoms with E-state index in [4.69, 9.17) is 15.3 Å². The number of hydrogen-bond acceptors (Lipinski definition) is 7. The van der Waals surface area contributed by atoms with E-state index >= 15 is 0 Å². The van der Waals surface area contributed by atoms with Gasteiger partial charge in [0.1, 0.15) is 5.79 Å². The summed E-state index contributed by atoms with van der Waals surface area (Å²) in [6.45, 7) is 11.3. The molecule has 35 heavy (non-hydrogen) atoms. The zero-order valence-corrected chi connectivity index (χ0v) is 22.8. The summed E-state index contributed by atoms with van der Waals surface area (Å²) in [6, 6.07) is 1.78. The van der Waals surface area contributed by atoms with Gasteiger partial charge in [-0.25, -0.2) is 0 Å². The largest absolute Gasteiger partial charge is 0.481 e. The van der Waals surface area contributed by atoms with Crippen molar-refractivity contribution in [3.8, 4) is 0 Å². The number of unbranched alkanes of at least 4 members (excludes halogenated alkanes) is 3. The fraction of sp³-hybridized carbons (Fsp3) is 0.963. The van der Waals surface area contributed by atoms with Crippen LogP contribution in [0.25, 0.3) is 0 Å². The first-order chi connectivity index (χ1) is 16.8. The summed E-state index contributed by atoms with van der Waals surface area (Å²) in [4.78, 5) is 19.5. The molecule has 3 fully saturated rings. The van der Waals surface area contributed by atoms with Gasteiger partial charge in [-0.2, -0.15) is 0 Å². The lowest BCUT2D eigenvalue weighted by Gasteiger charge is -2.39. The van der Waals surface area contributed by atoms with E-state index in [0.717, 1.165) is 19.6 Å². The van der Waals surface area contributed by atoms with Crippen molar-refractivity contribution in [1.82, 2.24) is 14.7 Å². The zero-order chi connectivity index (χ0) is 26.1. The molecule has 0 aliphatic carbocycles. The van der Waals surface area contributed by atoms with Crippen LogP contribution >= 0.6 is 0 Å². The van der Waals surface area contributed by atoms with Crippen LogP contribution in [0.15, 0.2) is 0 Å². The molecule has 8 heteroatoms. The standard InChI is InChI=1S/C21H39N3O2.C6H14O3/c1-4-7-10-17-14-22(17)21(13-20(25)26,23-15-18(23)11-8-5-2)24-16-19(24)12-9-6-3;1-2-6(3-7,4-8)5-9/h17-19H,4-16H2,1-3H3,(H,25,26);7-9H,2-5H2,1H3. The van der Waals surface area contributed by atoms with Crippen molar-refractivity contribution in [2.24, 2.45) is 5.41 Å². The predicted molar refractivity (Wildman–Crippen MR) is 139 cm³/mol. The number of carbonyl (C=O) groups is 1. The second-order valence-electron chi connectivity index (χ2n) is 11.0. The SMILES string of the molecule is CCC(CO)(CO)CO.CCCCC1CN1C(CC(=O)O)(N1CC1CCCC)N1CC1CCCC. The van der Waals surface area contributed by atoms with E-state index in [9.17, 15) is 9.90 Å². The molecule has 3 aliphatic heterocycles. The van der Waals surface area contributed by atoms with Crippen LogP contribution in [-0.4, -0.2) is 104 Å². The third-order valence-corrected chi connectivity index (χ3v) is 8.34. The fourth-order valence-electron chi connectivity index (χ4n) is 5.40. The summed E-state index contributed by atoms with van der Waals surface area (Å²) >= 11 is 0. The van der Waals surface area contributed by atoms with Crippen LogP contribution in [0.5, 0.6) is 0 Å². The van der Waals surface area contributed by atoms with E-state index in [1.54, 1.807) is 0 Å². The number of aliphatic carboxylic acids is 1. The Morgan fingerprint density at radius 3 is 1.26 bits per heavy atom. The Morgan fingerprint density at radius 1 is 0.714 bits per heavy atom. The molecule has 6 atom stereocenters. The molecule has 0 aromatic heterocycles. The molecule has 0 saturated carbocycles. The molecule has 0 spiro atoms. The zero-order valence-electron chi connectivity index (χ0n) is 22.8. The molecule has 0 aromatic carbocycles. The summed E-state index contributed by atoms with van der Waals surface area (Å²) < 4.78 is 0. The number of nitrogens with zero attached hydrogens (tertiary/aromatic N) is 3. The van der Waals surface area contributed by atoms with Gasteiger partial charge in [-0.05, 0) is 25.7 Å². The van der Waals surface area contributed by atoms with Crippen molar-refractivity contribution < 1.29 is 25.2 Å². The molecule has 0 amide bonds. The summed E-state index contributed by atoms with van der Waals surface area (Å²) in [6.07, 6.45) is 11.9. The minimum Gasteiger partial charge on any atom is -0.481 e. The van der Waals surface area contributed by atoms with Gasteiger partial charge in [0.25, 0.3) is 0 Å². The van der Waals surface area contributed by atoms with Gasteiger partial charge in [-0.3, -0.25) is 19.5 Å². The van der Waals surface area contributed by atoms with E-state index in [0.29, 0.717) is 24.5 Å². The van der Waals surface area contributed by atoms with Crippen molar-refractivity contribution in [3.05, 3.63) is 0 Å². The number of rotatable bonds is 18. The quantitative estimate of drug-likeness (QED) is 0.213. The maximum absolute atomic E-state index is 11.9. The van der Waals surface area contributed by atoms with Crippen LogP contribution in [0.1, 0.15) is 98.3 Å². The van der Waals surface area contributed by atoms with Crippen molar-refractivity contribution in [3.63, 3.8) is 0 Å². The summed E-state index contributed by atoms with van der Waals surface area (Å²) in [5, 5.41) is 35.8. The van der Waals surface area contributed by atoms with E-state index in [1.165, 1.54) is 57.8 Å². The van der Waals surface area contributed by atoms with Gasteiger partial charge in [0, 0.05) is 43.2 Å². The first-order valence-corrected chi connectivity index (χ1v) is 14.2. The summed E-state index contributed by atoms with van der Waals surface area (Å²) in [5.41, 5.74) is -0.667. The van der Waals surface area contributed by atoms with Crippen molar-refractivity contribution in [2.75, 3.05) is 39.5 Å². The van der Waals surface area contributed by atoms with Crippen LogP contribution in [0, 0.1) is 5.41 Å². The normalized spacial score (nSPS) is 30.7. The van der Waals surface area contributed by atoms with Gasteiger partial charge in [0.2, 0.25) is 0 Å². The Kier molecular flexibility index (Phi) is 12.4. The monoisotopic (exact) mass is 499 g/mol. The van der Waals surface area contributed by atoms with E-state index in [-0.39, 0.29) is 32.0 Å². The highest BCUT2D eigenvalue weighted by molar-refractivity contribution is 5.68. The van der Waals surface area contributed by atoms with Crippen LogP contribution in [-0.2, 0) is 4.79 Å². The van der Waals surface area contributed by atoms with Gasteiger partial charge in [-0.15, -0.1) is 0 Å². The Hall–Kier alpha value is -0.770. The van der Waals surface area contributed by atoms with E-state index < -0.39 is 11.4 Å². The second kappa shape index (κ2) is 14.2. The lowest BCUT2D eigenvalue weighted by molar-refractivity contribution is -0.146. The maximum Gasteiger partial charge on any atom is 0.308 e. The Labute approximate surface area is 213 Å². The van der Waals surface area contributed by atoms with Gasteiger partial charge < -0.3 is 20.4 Å². The third kappa shape index (κ3) is 7.86. The molecular formula is C27H53N3O5. The molecule has 3 heterocycles. The topological polar surface area (TPSA) is 107 Å². The number of carboxylic acids is 1. The smallest absolute Gasteiger partial charge is 0.308 e. The highest BCUT2D eigenvalue weighted by Crippen LogP contribution is 2.51. The van der Waals surface area contributed by atoms with Crippen LogP contribution in [0.3, 0.4) is 0 Å². The van der Waals surface area contributed by atoms with E-state index in [1.807, 2.05) is 6.92 Å². The molecule has 3 rings (SSSR count). The molecule has 3 saturated heterocycles. The van der Waals surface area contributed by atoms with Gasteiger partial charge in [0.15, 0.2) is 0 Å². The Morgan fingerprint density at radius 2 is 1.06 bits per heavy atom. The molecule has 6 unspecified atom stereocenters. The lowest BCUT2D eigenvalue weighted by Crippen LogP contribution is -2.56. The average molecular weight is 500 g/mol. The molecule has 0 aromatic rings. The van der Waals surface area contributed by atoms with Crippen LogP contribution in [0.2, 0.25) is 0 Å². The van der Waals surface area contributed by atoms with Crippen molar-refractivity contribution >= 4 is 5.97 Å². The lowest BCUT2D eigenvalue weighted by atomic mass is 9.88. The van der Waals surface area contributed by atoms with Crippen LogP contribution < -0.4 is 0 Å². The molecule has 206 valence electrons. The van der Waals surface area contributed by atoms with Gasteiger partial charge in [-0.1, -0.05) is 66.2 Å². The van der Waals surface area contributed by atoms with Gasteiger partial charge in [0.05, 0.1) is 26.2 Å². The Balaban J connectivity index is 0.000000410. The minimum atomic E-state index is -0.667. The maximum atomic E-state index is 11.9. The molecule has 4 N–H and O–H groups in total. The van der Waals surface area contributed by atoms with Crippen molar-refractivity contribution in [1.29, 1.82) is 0 Å². The predicted octanol–water partition coefficient (Wildman–Crippen LogP) is 3.10. The molecule has 3 aliphatic rings. The van der Waals surface area contributed by atoms with E-state index in [2.05, 4.69) is 35.5 Å². The van der Waals surface area contributed by atoms with Gasteiger partial charge >= 0.3 is 5.97 Å². The fourth-order valence-corrected chi connectivity index (χ4v) is 5.40. The summed E-state index contributed by atoms with van der Waals surface area (Å²) in [7, 11) is 0. The number of hydrogen-bond donors (Lipinski definition) is 4. The first kappa shape index (κ1) is 30.5. The molecular weight excluding hydrogens is 446 g/mol. The third-order valence-electron chi connectivity index (χ3n) is 8.34. The van der Waals surface area contributed by atoms with Crippen molar-refractivity contribution in [2.45, 2.75) is 122 Å². The highest BCUT2D eigenvalue weighted by Gasteiger charge is 2.67. The molecule has 0 radical (unpaired) electrons. The number of aliphatic hydroxyl groups is 3. The second-order valence-corrected chi connectivity index (χ2v) is 11.0. The minimum absolute atomic E-state index is 0.156. The highest BCUT2D eigenvalue weighted by atomic mass is 16.4. The molecule has 0 bridgehead atoms. The molecule has 8 nitrogen and oxygen atoms in total. The number of carboxylic acid groups (broad SMARTS) is 1. The number of aliphatic hydroxyl groups excluding tert-OH is 3.